The number of rotatable bonds is 3. The molecule has 94 valence electrons. The van der Waals surface area contributed by atoms with E-state index in [1.165, 1.54) is 5.56 Å². The fourth-order valence-electron chi connectivity index (χ4n) is 2.74. The second-order valence-electron chi connectivity index (χ2n) is 5.11. The molecule has 1 unspecified atom stereocenters. The lowest BCUT2D eigenvalue weighted by Crippen LogP contribution is -2.33. The summed E-state index contributed by atoms with van der Waals surface area (Å²) in [6.45, 7) is 4.23. The minimum Gasteiger partial charge on any atom is -0.496 e. The molecule has 3 heteroatoms. The van der Waals surface area contributed by atoms with Crippen LogP contribution < -0.4 is 4.74 Å². The molecule has 3 nitrogen and oxygen atoms in total. The van der Waals surface area contributed by atoms with Crippen LogP contribution in [0, 0.1) is 6.92 Å². The van der Waals surface area contributed by atoms with E-state index in [-0.39, 0.29) is 12.0 Å². The Labute approximate surface area is 103 Å². The van der Waals surface area contributed by atoms with Crippen LogP contribution in [0.4, 0.5) is 0 Å². The first kappa shape index (κ1) is 12.4. The van der Waals surface area contributed by atoms with E-state index in [1.54, 1.807) is 7.11 Å². The molecule has 0 spiro atoms. The average Bonchev–Trinajstić information content (AvgIpc) is 2.72. The Bertz CT molecular complexity index is 405. The fraction of sp³-hybridized carbons (Fsp3) is 0.571. The van der Waals surface area contributed by atoms with Crippen molar-refractivity contribution >= 4 is 0 Å². The van der Waals surface area contributed by atoms with E-state index >= 15 is 0 Å². The molecule has 1 aliphatic rings. The number of aryl methyl sites for hydroxylation is 1. The van der Waals surface area contributed by atoms with Crippen molar-refractivity contribution in [3.63, 3.8) is 0 Å². The molecule has 17 heavy (non-hydrogen) atoms. The number of methoxy groups -OCH3 is 1. The van der Waals surface area contributed by atoms with Gasteiger partial charge in [-0.2, -0.15) is 0 Å². The zero-order valence-electron chi connectivity index (χ0n) is 10.9. The van der Waals surface area contributed by atoms with Crippen LogP contribution in [-0.2, 0) is 5.41 Å². The molecule has 0 radical (unpaired) electrons. The topological polar surface area (TPSA) is 32.7 Å². The third kappa shape index (κ3) is 2.17. The van der Waals surface area contributed by atoms with E-state index in [0.29, 0.717) is 0 Å². The van der Waals surface area contributed by atoms with Crippen molar-refractivity contribution in [2.24, 2.45) is 0 Å². The van der Waals surface area contributed by atoms with Gasteiger partial charge in [-0.1, -0.05) is 12.1 Å². The second kappa shape index (κ2) is 4.67. The number of aliphatic hydroxyl groups is 1. The molecular formula is C14H21NO2. The van der Waals surface area contributed by atoms with Crippen molar-refractivity contribution in [2.75, 3.05) is 33.9 Å². The van der Waals surface area contributed by atoms with Gasteiger partial charge in [0.25, 0.3) is 0 Å². The lowest BCUT2D eigenvalue weighted by molar-refractivity contribution is 0.195. The van der Waals surface area contributed by atoms with Gasteiger partial charge in [0.05, 0.1) is 13.7 Å². The molecule has 1 aliphatic heterocycles. The van der Waals surface area contributed by atoms with Crippen molar-refractivity contribution in [3.05, 3.63) is 29.3 Å². The third-order valence-electron chi connectivity index (χ3n) is 3.85. The first-order chi connectivity index (χ1) is 8.11. The Balaban J connectivity index is 2.35. The molecule has 0 saturated carbocycles. The smallest absolute Gasteiger partial charge is 0.121 e. The summed E-state index contributed by atoms with van der Waals surface area (Å²) in [5.74, 6) is 0.910. The molecule has 1 heterocycles. The number of nitrogens with zero attached hydrogens (tertiary/aromatic N) is 1. The van der Waals surface area contributed by atoms with Gasteiger partial charge in [-0.25, -0.2) is 0 Å². The standard InChI is InChI=1S/C14H21NO2/c1-11-8-12(4-5-13(11)17-3)14(10-16)6-7-15(2)9-14/h4-5,8,16H,6-7,9-10H2,1-3H3. The van der Waals surface area contributed by atoms with Gasteiger partial charge in [-0.05, 0) is 44.1 Å². The maximum absolute atomic E-state index is 9.75. The van der Waals surface area contributed by atoms with Crippen molar-refractivity contribution < 1.29 is 9.84 Å². The summed E-state index contributed by atoms with van der Waals surface area (Å²) < 4.78 is 5.28. The molecule has 1 atom stereocenters. The van der Waals surface area contributed by atoms with E-state index < -0.39 is 0 Å². The Morgan fingerprint density at radius 3 is 2.71 bits per heavy atom. The molecule has 1 N–H and O–H groups in total. The zero-order chi connectivity index (χ0) is 12.5. The largest absolute Gasteiger partial charge is 0.496 e. The van der Waals surface area contributed by atoms with Gasteiger partial charge in [-0.3, -0.25) is 0 Å². The van der Waals surface area contributed by atoms with Crippen LogP contribution in [0.15, 0.2) is 18.2 Å². The Kier molecular flexibility index (Phi) is 3.40. The van der Waals surface area contributed by atoms with E-state index in [0.717, 1.165) is 30.8 Å². The van der Waals surface area contributed by atoms with E-state index in [2.05, 4.69) is 24.1 Å². The van der Waals surface area contributed by atoms with Crippen LogP contribution in [0.3, 0.4) is 0 Å². The molecular weight excluding hydrogens is 214 g/mol. The van der Waals surface area contributed by atoms with Crippen molar-refractivity contribution in [3.8, 4) is 5.75 Å². The summed E-state index contributed by atoms with van der Waals surface area (Å²) >= 11 is 0. The van der Waals surface area contributed by atoms with Crippen LogP contribution in [0.2, 0.25) is 0 Å². The lowest BCUT2D eigenvalue weighted by atomic mass is 9.80. The molecule has 1 fully saturated rings. The van der Waals surface area contributed by atoms with Crippen LogP contribution in [0.1, 0.15) is 17.5 Å². The SMILES string of the molecule is COc1ccc(C2(CO)CCN(C)C2)cc1C. The van der Waals surface area contributed by atoms with Crippen molar-refractivity contribution in [1.82, 2.24) is 4.90 Å². The van der Waals surface area contributed by atoms with Crippen molar-refractivity contribution in [2.45, 2.75) is 18.8 Å². The summed E-state index contributed by atoms with van der Waals surface area (Å²) in [4.78, 5) is 2.27. The van der Waals surface area contributed by atoms with Crippen LogP contribution in [-0.4, -0.2) is 43.9 Å². The van der Waals surface area contributed by atoms with Crippen LogP contribution in [0.25, 0.3) is 0 Å². The number of hydrogen-bond acceptors (Lipinski definition) is 3. The number of hydrogen-bond donors (Lipinski definition) is 1. The number of ether oxygens (including phenoxy) is 1. The highest BCUT2D eigenvalue weighted by molar-refractivity contribution is 5.40. The first-order valence-electron chi connectivity index (χ1n) is 6.06. The lowest BCUT2D eigenvalue weighted by Gasteiger charge is -2.28. The highest BCUT2D eigenvalue weighted by Gasteiger charge is 2.37. The van der Waals surface area contributed by atoms with Gasteiger partial charge < -0.3 is 14.7 Å². The molecule has 1 saturated heterocycles. The maximum Gasteiger partial charge on any atom is 0.121 e. The quantitative estimate of drug-likeness (QED) is 0.863. The number of likely N-dealkylation sites (N-methyl/N-ethyl adjacent to an activating group) is 1. The molecule has 0 bridgehead atoms. The second-order valence-corrected chi connectivity index (χ2v) is 5.11. The summed E-state index contributed by atoms with van der Waals surface area (Å²) in [6, 6.07) is 6.23. The minimum atomic E-state index is -0.0915. The monoisotopic (exact) mass is 235 g/mol. The van der Waals surface area contributed by atoms with Gasteiger partial charge in [0.1, 0.15) is 5.75 Å². The molecule has 2 rings (SSSR count). The normalized spacial score (nSPS) is 25.2. The van der Waals surface area contributed by atoms with Gasteiger partial charge >= 0.3 is 0 Å². The highest BCUT2D eigenvalue weighted by atomic mass is 16.5. The Hall–Kier alpha value is -1.06. The highest BCUT2D eigenvalue weighted by Crippen LogP contribution is 2.35. The number of likely N-dealkylation sites (tertiary alicyclic amines) is 1. The summed E-state index contributed by atoms with van der Waals surface area (Å²) in [5, 5.41) is 9.75. The van der Waals surface area contributed by atoms with Gasteiger partial charge in [0.15, 0.2) is 0 Å². The Morgan fingerprint density at radius 1 is 1.47 bits per heavy atom. The summed E-state index contributed by atoms with van der Waals surface area (Å²) in [5.41, 5.74) is 2.27. The van der Waals surface area contributed by atoms with Crippen molar-refractivity contribution in [1.29, 1.82) is 0 Å². The van der Waals surface area contributed by atoms with E-state index in [9.17, 15) is 5.11 Å². The van der Waals surface area contributed by atoms with Crippen LogP contribution >= 0.6 is 0 Å². The average molecular weight is 235 g/mol. The van der Waals surface area contributed by atoms with Gasteiger partial charge in [0.2, 0.25) is 0 Å². The Morgan fingerprint density at radius 2 is 2.24 bits per heavy atom. The summed E-state index contributed by atoms with van der Waals surface area (Å²) in [7, 11) is 3.79. The third-order valence-corrected chi connectivity index (χ3v) is 3.85. The minimum absolute atomic E-state index is 0.0915. The summed E-state index contributed by atoms with van der Waals surface area (Å²) in [6.07, 6.45) is 1.02. The molecule has 1 aromatic carbocycles. The molecule has 0 aromatic heterocycles. The maximum atomic E-state index is 9.75. The van der Waals surface area contributed by atoms with Gasteiger partial charge in [0, 0.05) is 12.0 Å². The molecule has 0 aliphatic carbocycles. The molecule has 0 amide bonds. The number of benzene rings is 1. The first-order valence-corrected chi connectivity index (χ1v) is 6.06. The van der Waals surface area contributed by atoms with Crippen LogP contribution in [0.5, 0.6) is 5.75 Å². The predicted molar refractivity (Wildman–Crippen MR) is 68.6 cm³/mol. The number of aliphatic hydroxyl groups excluding tert-OH is 1. The van der Waals surface area contributed by atoms with E-state index in [4.69, 9.17) is 4.74 Å². The predicted octanol–water partition coefficient (Wildman–Crippen LogP) is 1.57. The van der Waals surface area contributed by atoms with Gasteiger partial charge in [-0.15, -0.1) is 0 Å². The zero-order valence-corrected chi connectivity index (χ0v) is 10.9. The fourth-order valence-corrected chi connectivity index (χ4v) is 2.74. The van der Waals surface area contributed by atoms with E-state index in [1.807, 2.05) is 13.0 Å². The molecule has 1 aromatic rings.